The molecule has 0 amide bonds. The summed E-state index contributed by atoms with van der Waals surface area (Å²) in [5.74, 6) is -1.43. The Hall–Kier alpha value is -1.98. The van der Waals surface area contributed by atoms with Crippen molar-refractivity contribution < 1.29 is 18.8 Å². The molecule has 92 valence electrons. The Morgan fingerprint density at radius 3 is 2.71 bits per heavy atom. The van der Waals surface area contributed by atoms with Gasteiger partial charge in [-0.05, 0) is 31.0 Å². The van der Waals surface area contributed by atoms with Gasteiger partial charge in [0.15, 0.2) is 0 Å². The summed E-state index contributed by atoms with van der Waals surface area (Å²) in [6.07, 6.45) is -0.0887. The molecule has 0 bridgehead atoms. The van der Waals surface area contributed by atoms with Gasteiger partial charge in [0.1, 0.15) is 0 Å². The maximum Gasteiger partial charge on any atom is 0.310 e. The fourth-order valence-electron chi connectivity index (χ4n) is 1.41. The number of nitro groups is 1. The molecular weight excluding hydrogens is 229 g/mol. The van der Waals surface area contributed by atoms with E-state index in [0.29, 0.717) is 11.1 Å². The van der Waals surface area contributed by atoms with Crippen LogP contribution in [0.4, 0.5) is 10.1 Å². The predicted molar refractivity (Wildman–Crippen MR) is 58.1 cm³/mol. The number of benzene rings is 1. The molecule has 1 aromatic carbocycles. The summed E-state index contributed by atoms with van der Waals surface area (Å²) in [5, 5.41) is 10.5. The highest BCUT2D eigenvalue weighted by molar-refractivity contribution is 5.73. The van der Waals surface area contributed by atoms with Crippen LogP contribution in [0.2, 0.25) is 0 Å². The van der Waals surface area contributed by atoms with Crippen molar-refractivity contribution in [2.24, 2.45) is 0 Å². The van der Waals surface area contributed by atoms with Gasteiger partial charge in [0.2, 0.25) is 5.82 Å². The van der Waals surface area contributed by atoms with Crippen molar-refractivity contribution >= 4 is 11.7 Å². The molecule has 0 fully saturated rings. The number of nitrogens with zero attached hydrogens (tertiary/aromatic N) is 1. The zero-order valence-electron chi connectivity index (χ0n) is 9.53. The molecule has 0 unspecified atom stereocenters. The molecule has 0 saturated heterocycles. The van der Waals surface area contributed by atoms with Crippen molar-refractivity contribution in [2.45, 2.75) is 20.3 Å². The molecule has 0 heterocycles. The Morgan fingerprint density at radius 1 is 1.53 bits per heavy atom. The summed E-state index contributed by atoms with van der Waals surface area (Å²) in [7, 11) is 0. The van der Waals surface area contributed by atoms with E-state index in [4.69, 9.17) is 4.74 Å². The number of carbonyl (C=O) groups excluding carboxylic acids is 1. The number of halogens is 1. The number of rotatable bonds is 4. The van der Waals surface area contributed by atoms with E-state index in [-0.39, 0.29) is 13.0 Å². The molecule has 0 aliphatic heterocycles. The smallest absolute Gasteiger partial charge is 0.310 e. The number of ether oxygens (including phenoxy) is 1. The molecule has 5 nitrogen and oxygen atoms in total. The summed E-state index contributed by atoms with van der Waals surface area (Å²) >= 11 is 0. The first-order valence-electron chi connectivity index (χ1n) is 5.04. The Morgan fingerprint density at radius 2 is 2.18 bits per heavy atom. The van der Waals surface area contributed by atoms with Gasteiger partial charge in [0.25, 0.3) is 0 Å². The van der Waals surface area contributed by atoms with Gasteiger partial charge in [-0.3, -0.25) is 14.9 Å². The third kappa shape index (κ3) is 3.24. The van der Waals surface area contributed by atoms with Crippen molar-refractivity contribution in [2.75, 3.05) is 6.61 Å². The first kappa shape index (κ1) is 13.1. The van der Waals surface area contributed by atoms with Gasteiger partial charge in [-0.25, -0.2) is 0 Å². The van der Waals surface area contributed by atoms with Crippen molar-refractivity contribution in [3.63, 3.8) is 0 Å². The lowest BCUT2D eigenvalue weighted by Crippen LogP contribution is -2.09. The third-order valence-electron chi connectivity index (χ3n) is 2.24. The molecule has 0 radical (unpaired) electrons. The van der Waals surface area contributed by atoms with Crippen LogP contribution in [-0.2, 0) is 16.0 Å². The van der Waals surface area contributed by atoms with Gasteiger partial charge < -0.3 is 4.74 Å². The number of nitro benzene ring substituents is 1. The Kier molecular flexibility index (Phi) is 4.14. The molecule has 6 heteroatoms. The molecular formula is C11H12FNO4. The predicted octanol–water partition coefficient (Wildman–Crippen LogP) is 2.15. The van der Waals surface area contributed by atoms with Gasteiger partial charge >= 0.3 is 11.7 Å². The minimum atomic E-state index is -0.945. The molecule has 0 atom stereocenters. The molecule has 17 heavy (non-hydrogen) atoms. The second kappa shape index (κ2) is 5.38. The molecule has 1 rings (SSSR count). The fraction of sp³-hybridized carbons (Fsp3) is 0.364. The Labute approximate surface area is 97.3 Å². The van der Waals surface area contributed by atoms with Gasteiger partial charge in [-0.1, -0.05) is 0 Å². The quantitative estimate of drug-likeness (QED) is 0.460. The molecule has 0 N–H and O–H groups in total. The highest BCUT2D eigenvalue weighted by Gasteiger charge is 2.17. The summed E-state index contributed by atoms with van der Waals surface area (Å²) in [4.78, 5) is 20.9. The summed E-state index contributed by atoms with van der Waals surface area (Å²) in [5.41, 5.74) is 0.299. The summed E-state index contributed by atoms with van der Waals surface area (Å²) in [6, 6.07) is 2.12. The third-order valence-corrected chi connectivity index (χ3v) is 2.24. The van der Waals surface area contributed by atoms with Crippen LogP contribution in [0.3, 0.4) is 0 Å². The van der Waals surface area contributed by atoms with Crippen LogP contribution in [0.15, 0.2) is 12.1 Å². The van der Waals surface area contributed by atoms with Crippen LogP contribution in [0.1, 0.15) is 18.1 Å². The lowest BCUT2D eigenvalue weighted by Gasteiger charge is -2.06. The minimum absolute atomic E-state index is 0.0887. The minimum Gasteiger partial charge on any atom is -0.466 e. The number of aryl methyl sites for hydroxylation is 1. The monoisotopic (exact) mass is 241 g/mol. The van der Waals surface area contributed by atoms with Crippen molar-refractivity contribution in [1.29, 1.82) is 0 Å². The zero-order valence-corrected chi connectivity index (χ0v) is 9.53. The molecule has 1 aromatic rings. The lowest BCUT2D eigenvalue weighted by atomic mass is 10.0. The van der Waals surface area contributed by atoms with E-state index < -0.39 is 22.4 Å². The number of hydrogen-bond acceptors (Lipinski definition) is 4. The van der Waals surface area contributed by atoms with E-state index in [1.54, 1.807) is 13.8 Å². The Balaban J connectivity index is 2.99. The Bertz CT molecular complexity index is 459. The topological polar surface area (TPSA) is 69.4 Å². The highest BCUT2D eigenvalue weighted by atomic mass is 19.1. The van der Waals surface area contributed by atoms with Crippen LogP contribution in [0, 0.1) is 22.9 Å². The van der Waals surface area contributed by atoms with Crippen LogP contribution >= 0.6 is 0 Å². The molecule has 0 aliphatic rings. The first-order valence-corrected chi connectivity index (χ1v) is 5.04. The summed E-state index contributed by atoms with van der Waals surface area (Å²) < 4.78 is 18.0. The van der Waals surface area contributed by atoms with Crippen molar-refractivity contribution in [1.82, 2.24) is 0 Å². The van der Waals surface area contributed by atoms with Crippen molar-refractivity contribution in [3.05, 3.63) is 39.2 Å². The molecule has 0 aromatic heterocycles. The normalized spacial score (nSPS) is 10.1. The van der Waals surface area contributed by atoms with E-state index in [2.05, 4.69) is 0 Å². The second-order valence-electron chi connectivity index (χ2n) is 3.47. The largest absolute Gasteiger partial charge is 0.466 e. The van der Waals surface area contributed by atoms with E-state index in [1.807, 2.05) is 0 Å². The highest BCUT2D eigenvalue weighted by Crippen LogP contribution is 2.22. The average molecular weight is 241 g/mol. The standard InChI is InChI=1S/C11H12FNO4/c1-3-17-11(14)6-8-5-9(12)10(13(15)16)4-7(8)2/h4-5H,3,6H2,1-2H3. The van der Waals surface area contributed by atoms with E-state index in [0.717, 1.165) is 12.1 Å². The van der Waals surface area contributed by atoms with E-state index in [1.165, 1.54) is 0 Å². The van der Waals surface area contributed by atoms with Crippen molar-refractivity contribution in [3.8, 4) is 0 Å². The maximum atomic E-state index is 13.3. The van der Waals surface area contributed by atoms with Gasteiger partial charge in [-0.15, -0.1) is 0 Å². The van der Waals surface area contributed by atoms with Gasteiger partial charge in [-0.2, -0.15) is 4.39 Å². The SMILES string of the molecule is CCOC(=O)Cc1cc(F)c([N+](=O)[O-])cc1C. The number of hydrogen-bond donors (Lipinski definition) is 0. The second-order valence-corrected chi connectivity index (χ2v) is 3.47. The van der Waals surface area contributed by atoms with Crippen LogP contribution in [0.5, 0.6) is 0 Å². The average Bonchev–Trinajstić information content (AvgIpc) is 2.22. The van der Waals surface area contributed by atoms with E-state index >= 15 is 0 Å². The molecule has 0 aliphatic carbocycles. The van der Waals surface area contributed by atoms with E-state index in [9.17, 15) is 19.3 Å². The van der Waals surface area contributed by atoms with Crippen LogP contribution in [0.25, 0.3) is 0 Å². The number of carbonyl (C=O) groups is 1. The lowest BCUT2D eigenvalue weighted by molar-refractivity contribution is -0.387. The number of esters is 1. The van der Waals surface area contributed by atoms with Gasteiger partial charge in [0.05, 0.1) is 18.0 Å². The molecule has 0 spiro atoms. The first-order chi connectivity index (χ1) is 7.95. The fourth-order valence-corrected chi connectivity index (χ4v) is 1.41. The summed E-state index contributed by atoms with van der Waals surface area (Å²) in [6.45, 7) is 3.50. The molecule has 0 saturated carbocycles. The van der Waals surface area contributed by atoms with Crippen LogP contribution in [-0.4, -0.2) is 17.5 Å². The maximum absolute atomic E-state index is 13.3. The van der Waals surface area contributed by atoms with Crippen LogP contribution < -0.4 is 0 Å². The van der Waals surface area contributed by atoms with Gasteiger partial charge in [0, 0.05) is 6.07 Å². The zero-order chi connectivity index (χ0) is 13.0.